The maximum absolute atomic E-state index is 10.9. The van der Waals surface area contributed by atoms with E-state index < -0.39 is 5.97 Å². The van der Waals surface area contributed by atoms with Crippen LogP contribution < -0.4 is 0 Å². The van der Waals surface area contributed by atoms with Crippen molar-refractivity contribution in [2.75, 3.05) is 6.61 Å². The van der Waals surface area contributed by atoms with Crippen LogP contribution in [0.4, 0.5) is 0 Å². The van der Waals surface area contributed by atoms with Crippen molar-refractivity contribution in [3.63, 3.8) is 0 Å². The maximum atomic E-state index is 10.9. The molecule has 0 aromatic carbocycles. The van der Waals surface area contributed by atoms with Gasteiger partial charge in [0, 0.05) is 6.20 Å². The summed E-state index contributed by atoms with van der Waals surface area (Å²) in [6.07, 6.45) is 5.91. The molecule has 0 atom stereocenters. The highest BCUT2D eigenvalue weighted by Gasteiger charge is 2.17. The second kappa shape index (κ2) is 6.29. The average molecular weight is 264 g/mol. The van der Waals surface area contributed by atoms with Crippen LogP contribution in [0.15, 0.2) is 23.5 Å². The molecule has 1 aromatic heterocycles. The third-order valence-electron chi connectivity index (χ3n) is 3.18. The number of rotatable bonds is 5. The van der Waals surface area contributed by atoms with Gasteiger partial charge in [-0.3, -0.25) is 4.98 Å². The molecule has 102 valence electrons. The molecule has 2 rings (SSSR count). The number of hydrogen-bond acceptors (Lipinski definition) is 5. The van der Waals surface area contributed by atoms with Crippen LogP contribution in [0.2, 0.25) is 0 Å². The van der Waals surface area contributed by atoms with Crippen molar-refractivity contribution in [1.82, 2.24) is 4.98 Å². The summed E-state index contributed by atoms with van der Waals surface area (Å²) >= 11 is 0. The van der Waals surface area contributed by atoms with E-state index in [0.717, 1.165) is 25.7 Å². The lowest BCUT2D eigenvalue weighted by Gasteiger charge is -2.11. The Morgan fingerprint density at radius 2 is 2.21 bits per heavy atom. The zero-order chi connectivity index (χ0) is 13.7. The molecule has 0 amide bonds. The van der Waals surface area contributed by atoms with Crippen LogP contribution in [0.25, 0.3) is 0 Å². The third kappa shape index (κ3) is 3.51. The summed E-state index contributed by atoms with van der Waals surface area (Å²) in [5, 5.41) is 21.1. The number of carboxylic acid groups (broad SMARTS) is 1. The molecule has 0 aliphatic heterocycles. The van der Waals surface area contributed by atoms with Crippen molar-refractivity contribution in [2.24, 2.45) is 5.16 Å². The van der Waals surface area contributed by atoms with E-state index in [4.69, 9.17) is 15.1 Å². The highest BCUT2D eigenvalue weighted by molar-refractivity contribution is 6.01. The van der Waals surface area contributed by atoms with E-state index in [0.29, 0.717) is 5.69 Å². The minimum atomic E-state index is -1.04. The molecule has 1 aliphatic rings. The lowest BCUT2D eigenvalue weighted by Crippen LogP contribution is -2.18. The Kier molecular flexibility index (Phi) is 4.46. The standard InChI is InChI=1S/C13H16N2O4/c16-13(17)9-5-6-14-11(7-9)12(15-18)8-19-10-3-1-2-4-10/h5-7,10,18H,1-4,8H2,(H,16,17)/b15-12+. The van der Waals surface area contributed by atoms with Crippen LogP contribution in [0.5, 0.6) is 0 Å². The molecule has 6 nitrogen and oxygen atoms in total. The van der Waals surface area contributed by atoms with E-state index in [9.17, 15) is 4.79 Å². The lowest BCUT2D eigenvalue weighted by molar-refractivity contribution is 0.0696. The van der Waals surface area contributed by atoms with E-state index >= 15 is 0 Å². The van der Waals surface area contributed by atoms with Gasteiger partial charge in [-0.25, -0.2) is 4.79 Å². The van der Waals surface area contributed by atoms with Gasteiger partial charge in [-0.15, -0.1) is 0 Å². The zero-order valence-electron chi connectivity index (χ0n) is 10.5. The number of aromatic nitrogens is 1. The van der Waals surface area contributed by atoms with Crippen LogP contribution in [0.3, 0.4) is 0 Å². The summed E-state index contributed by atoms with van der Waals surface area (Å²) in [7, 11) is 0. The van der Waals surface area contributed by atoms with Gasteiger partial charge in [-0.05, 0) is 25.0 Å². The van der Waals surface area contributed by atoms with Crippen molar-refractivity contribution in [1.29, 1.82) is 0 Å². The number of hydrogen-bond donors (Lipinski definition) is 2. The van der Waals surface area contributed by atoms with Crippen molar-refractivity contribution >= 4 is 11.7 Å². The Balaban J connectivity index is 2.04. The molecule has 0 saturated heterocycles. The fourth-order valence-electron chi connectivity index (χ4n) is 2.13. The Labute approximate surface area is 110 Å². The van der Waals surface area contributed by atoms with Gasteiger partial charge in [0.25, 0.3) is 0 Å². The Bertz CT molecular complexity index is 481. The highest BCUT2D eigenvalue weighted by atomic mass is 16.5. The van der Waals surface area contributed by atoms with Crippen LogP contribution in [-0.4, -0.2) is 39.7 Å². The first-order valence-corrected chi connectivity index (χ1v) is 6.23. The molecule has 0 bridgehead atoms. The predicted octanol–water partition coefficient (Wildman–Crippen LogP) is 1.92. The Hall–Kier alpha value is -1.95. The molecule has 1 aromatic rings. The molecule has 6 heteroatoms. The van der Waals surface area contributed by atoms with Gasteiger partial charge in [0.2, 0.25) is 0 Å². The third-order valence-corrected chi connectivity index (χ3v) is 3.18. The molecule has 1 aliphatic carbocycles. The fourth-order valence-corrected chi connectivity index (χ4v) is 2.13. The molecule has 1 saturated carbocycles. The van der Waals surface area contributed by atoms with Gasteiger partial charge in [0.05, 0.1) is 24.0 Å². The first-order chi connectivity index (χ1) is 9.20. The van der Waals surface area contributed by atoms with E-state index in [2.05, 4.69) is 10.1 Å². The molecule has 1 fully saturated rings. The summed E-state index contributed by atoms with van der Waals surface area (Å²) in [6, 6.07) is 2.76. The second-order valence-electron chi connectivity index (χ2n) is 4.50. The van der Waals surface area contributed by atoms with E-state index in [1.807, 2.05) is 0 Å². The highest BCUT2D eigenvalue weighted by Crippen LogP contribution is 2.21. The number of oxime groups is 1. The lowest BCUT2D eigenvalue weighted by atomic mass is 10.2. The summed E-state index contributed by atoms with van der Waals surface area (Å²) in [5.41, 5.74) is 0.669. The molecule has 1 heterocycles. The van der Waals surface area contributed by atoms with Crippen molar-refractivity contribution in [3.05, 3.63) is 29.6 Å². The molecule has 0 unspecified atom stereocenters. The van der Waals surface area contributed by atoms with Crippen LogP contribution in [0, 0.1) is 0 Å². The molecular weight excluding hydrogens is 248 g/mol. The van der Waals surface area contributed by atoms with Gasteiger partial charge < -0.3 is 15.1 Å². The fraction of sp³-hybridized carbons (Fsp3) is 0.462. The first kappa shape index (κ1) is 13.5. The van der Waals surface area contributed by atoms with E-state index in [1.165, 1.54) is 18.3 Å². The molecule has 0 spiro atoms. The Morgan fingerprint density at radius 3 is 2.84 bits per heavy atom. The molecule has 0 radical (unpaired) electrons. The first-order valence-electron chi connectivity index (χ1n) is 6.23. The van der Waals surface area contributed by atoms with E-state index in [1.54, 1.807) is 0 Å². The van der Waals surface area contributed by atoms with Gasteiger partial charge in [0.15, 0.2) is 0 Å². The SMILES string of the molecule is O=C(O)c1ccnc(/C(COC2CCCC2)=N/O)c1. The zero-order valence-corrected chi connectivity index (χ0v) is 10.5. The number of aromatic carboxylic acids is 1. The van der Waals surface area contributed by atoms with Gasteiger partial charge in [-0.1, -0.05) is 18.0 Å². The van der Waals surface area contributed by atoms with Crippen LogP contribution in [-0.2, 0) is 4.74 Å². The summed E-state index contributed by atoms with van der Waals surface area (Å²) in [4.78, 5) is 14.9. The number of pyridine rings is 1. The average Bonchev–Trinajstić information content (AvgIpc) is 2.93. The molecular formula is C13H16N2O4. The van der Waals surface area contributed by atoms with Crippen molar-refractivity contribution in [3.8, 4) is 0 Å². The smallest absolute Gasteiger partial charge is 0.335 e. The van der Waals surface area contributed by atoms with Crippen molar-refractivity contribution < 1.29 is 19.8 Å². The minimum absolute atomic E-state index is 0.104. The quantitative estimate of drug-likeness (QED) is 0.481. The predicted molar refractivity (Wildman–Crippen MR) is 67.7 cm³/mol. The molecule has 19 heavy (non-hydrogen) atoms. The van der Waals surface area contributed by atoms with Crippen LogP contribution in [0.1, 0.15) is 41.7 Å². The summed E-state index contributed by atoms with van der Waals surface area (Å²) in [6.45, 7) is 0.136. The number of ether oxygens (including phenoxy) is 1. The topological polar surface area (TPSA) is 92.0 Å². The molecule has 2 N–H and O–H groups in total. The number of nitrogens with zero attached hydrogens (tertiary/aromatic N) is 2. The summed E-state index contributed by atoms with van der Waals surface area (Å²) < 4.78 is 5.63. The largest absolute Gasteiger partial charge is 0.478 e. The number of carbonyl (C=O) groups is 1. The Morgan fingerprint density at radius 1 is 1.47 bits per heavy atom. The second-order valence-corrected chi connectivity index (χ2v) is 4.50. The monoisotopic (exact) mass is 264 g/mol. The van der Waals surface area contributed by atoms with E-state index in [-0.39, 0.29) is 24.0 Å². The van der Waals surface area contributed by atoms with Gasteiger partial charge in [0.1, 0.15) is 5.71 Å². The van der Waals surface area contributed by atoms with Gasteiger partial charge in [-0.2, -0.15) is 0 Å². The van der Waals surface area contributed by atoms with Gasteiger partial charge >= 0.3 is 5.97 Å². The minimum Gasteiger partial charge on any atom is -0.478 e. The summed E-state index contributed by atoms with van der Waals surface area (Å²) in [5.74, 6) is -1.04. The van der Waals surface area contributed by atoms with Crippen molar-refractivity contribution in [2.45, 2.75) is 31.8 Å². The number of carboxylic acids is 1. The van der Waals surface area contributed by atoms with Crippen LogP contribution >= 0.6 is 0 Å². The normalized spacial score (nSPS) is 16.7. The maximum Gasteiger partial charge on any atom is 0.335 e.